The zero-order chi connectivity index (χ0) is 20.4. The lowest BCUT2D eigenvalue weighted by atomic mass is 10.0. The number of thioether (sulfide) groups is 1. The summed E-state index contributed by atoms with van der Waals surface area (Å²) in [5, 5.41) is 19.0. The normalized spacial score (nSPS) is 21.6. The number of carboxylic acids is 1. The quantitative estimate of drug-likeness (QED) is 0.229. The maximum Gasteiger partial charge on any atom is 0.353 e. The van der Waals surface area contributed by atoms with E-state index in [1.165, 1.54) is 24.3 Å². The first-order chi connectivity index (χ1) is 13.4. The van der Waals surface area contributed by atoms with Crippen LogP contribution in [0.3, 0.4) is 0 Å². The molecule has 11 nitrogen and oxygen atoms in total. The molecular formula is C14H12ClN5O6S2. The third kappa shape index (κ3) is 3.55. The number of anilines is 1. The van der Waals surface area contributed by atoms with E-state index in [0.717, 1.165) is 16.2 Å². The summed E-state index contributed by atoms with van der Waals surface area (Å²) in [5.74, 6) is -2.44. The summed E-state index contributed by atoms with van der Waals surface area (Å²) in [4.78, 5) is 56.6. The third-order valence-corrected chi connectivity index (χ3v) is 6.26. The van der Waals surface area contributed by atoms with Crippen molar-refractivity contribution in [3.05, 3.63) is 21.8 Å². The maximum absolute atomic E-state index is 12.6. The lowest BCUT2D eigenvalue weighted by Crippen LogP contribution is -2.71. The van der Waals surface area contributed by atoms with E-state index < -0.39 is 29.2 Å². The number of thiazole rings is 1. The molecule has 1 aromatic heterocycles. The van der Waals surface area contributed by atoms with Gasteiger partial charge in [0.1, 0.15) is 29.9 Å². The highest BCUT2D eigenvalue weighted by atomic mass is 35.5. The molecule has 148 valence electrons. The Hall–Kier alpha value is -2.64. The first-order valence-corrected chi connectivity index (χ1v) is 9.84. The Kier molecular flexibility index (Phi) is 5.86. The molecule has 0 spiro atoms. The Morgan fingerprint density at radius 3 is 2.93 bits per heavy atom. The van der Waals surface area contributed by atoms with Crippen LogP contribution in [0.2, 0.25) is 0 Å². The fourth-order valence-electron chi connectivity index (χ4n) is 2.59. The van der Waals surface area contributed by atoms with E-state index in [9.17, 15) is 24.3 Å². The molecule has 0 saturated carbocycles. The Bertz CT molecular complexity index is 916. The van der Waals surface area contributed by atoms with E-state index in [0.29, 0.717) is 6.41 Å². The summed E-state index contributed by atoms with van der Waals surface area (Å²) in [5.41, 5.74) is -0.338. The van der Waals surface area contributed by atoms with Gasteiger partial charge in [0.25, 0.3) is 11.8 Å². The van der Waals surface area contributed by atoms with Gasteiger partial charge in [-0.05, 0) is 0 Å². The maximum atomic E-state index is 12.6. The SMILES string of the molecule is CON=C(C(=O)NC1C(=O)N2C(C(=O)O)=C(Cl)CS[C@@H]12)c1csc(NC=O)n1. The molecular weight excluding hydrogens is 434 g/mol. The van der Waals surface area contributed by atoms with Gasteiger partial charge in [-0.3, -0.25) is 19.3 Å². The molecule has 2 aliphatic heterocycles. The molecule has 1 saturated heterocycles. The Morgan fingerprint density at radius 2 is 2.29 bits per heavy atom. The van der Waals surface area contributed by atoms with Crippen LogP contribution in [0.25, 0.3) is 0 Å². The van der Waals surface area contributed by atoms with Gasteiger partial charge >= 0.3 is 5.97 Å². The van der Waals surface area contributed by atoms with Crippen molar-refractivity contribution in [3.8, 4) is 0 Å². The van der Waals surface area contributed by atoms with Crippen LogP contribution in [-0.2, 0) is 24.0 Å². The van der Waals surface area contributed by atoms with E-state index in [1.807, 2.05) is 0 Å². The number of aliphatic carboxylic acids is 1. The molecule has 2 atom stereocenters. The second-order valence-corrected chi connectivity index (χ2v) is 7.76. The molecule has 1 unspecified atom stereocenters. The van der Waals surface area contributed by atoms with Crippen molar-refractivity contribution in [2.75, 3.05) is 18.2 Å². The van der Waals surface area contributed by atoms with Crippen molar-refractivity contribution in [1.29, 1.82) is 0 Å². The van der Waals surface area contributed by atoms with Crippen LogP contribution in [0.15, 0.2) is 21.3 Å². The number of oxime groups is 1. The van der Waals surface area contributed by atoms with E-state index in [1.54, 1.807) is 0 Å². The van der Waals surface area contributed by atoms with Gasteiger partial charge in [-0.2, -0.15) is 0 Å². The van der Waals surface area contributed by atoms with Crippen molar-refractivity contribution in [1.82, 2.24) is 15.2 Å². The fraction of sp³-hybridized carbons (Fsp3) is 0.286. The van der Waals surface area contributed by atoms with Crippen LogP contribution in [0.1, 0.15) is 5.69 Å². The molecule has 0 aliphatic carbocycles. The molecule has 2 aliphatic rings. The first kappa shape index (κ1) is 20.1. The number of nitrogens with one attached hydrogen (secondary N) is 2. The summed E-state index contributed by atoms with van der Waals surface area (Å²) in [6, 6.07) is -0.954. The van der Waals surface area contributed by atoms with E-state index in [-0.39, 0.29) is 33.0 Å². The number of β-lactam (4-membered cyclic amide) rings is 1. The van der Waals surface area contributed by atoms with Gasteiger partial charge in [0.05, 0.1) is 5.03 Å². The number of amides is 3. The predicted octanol–water partition coefficient (Wildman–Crippen LogP) is -0.00320. The number of fused-ring (bicyclic) bond motifs is 1. The minimum Gasteiger partial charge on any atom is -0.477 e. The Morgan fingerprint density at radius 1 is 1.54 bits per heavy atom. The molecule has 0 bridgehead atoms. The molecule has 3 heterocycles. The van der Waals surface area contributed by atoms with Gasteiger partial charge in [-0.1, -0.05) is 16.8 Å². The molecule has 3 rings (SSSR count). The van der Waals surface area contributed by atoms with Gasteiger partial charge in [0.15, 0.2) is 10.8 Å². The van der Waals surface area contributed by atoms with E-state index in [4.69, 9.17) is 11.6 Å². The number of carboxylic acid groups (broad SMARTS) is 1. The molecule has 0 radical (unpaired) electrons. The highest BCUT2D eigenvalue weighted by molar-refractivity contribution is 8.00. The molecule has 0 aromatic carbocycles. The predicted molar refractivity (Wildman–Crippen MR) is 101 cm³/mol. The molecule has 14 heteroatoms. The number of hydrogen-bond donors (Lipinski definition) is 3. The number of rotatable bonds is 7. The summed E-state index contributed by atoms with van der Waals surface area (Å²) >= 11 is 8.22. The number of nitrogens with zero attached hydrogens (tertiary/aromatic N) is 3. The lowest BCUT2D eigenvalue weighted by Gasteiger charge is -2.48. The number of aromatic nitrogens is 1. The Balaban J connectivity index is 1.77. The largest absolute Gasteiger partial charge is 0.477 e. The third-order valence-electron chi connectivity index (χ3n) is 3.74. The average molecular weight is 446 g/mol. The van der Waals surface area contributed by atoms with E-state index in [2.05, 4.69) is 25.6 Å². The Labute approximate surface area is 170 Å². The second kappa shape index (κ2) is 8.16. The van der Waals surface area contributed by atoms with Gasteiger partial charge in [-0.25, -0.2) is 9.78 Å². The average Bonchev–Trinajstić information content (AvgIpc) is 3.12. The van der Waals surface area contributed by atoms with Crippen molar-refractivity contribution in [2.45, 2.75) is 11.4 Å². The summed E-state index contributed by atoms with van der Waals surface area (Å²) in [6.45, 7) is 0. The molecule has 3 amide bonds. The van der Waals surface area contributed by atoms with Gasteiger partial charge in [0.2, 0.25) is 6.41 Å². The lowest BCUT2D eigenvalue weighted by molar-refractivity contribution is -0.150. The topological polar surface area (TPSA) is 150 Å². The number of hydrogen-bond acceptors (Lipinski definition) is 9. The van der Waals surface area contributed by atoms with Crippen molar-refractivity contribution in [3.63, 3.8) is 0 Å². The number of halogens is 1. The van der Waals surface area contributed by atoms with Crippen LogP contribution in [0.5, 0.6) is 0 Å². The van der Waals surface area contributed by atoms with Crippen LogP contribution >= 0.6 is 34.7 Å². The molecule has 1 aromatic rings. The summed E-state index contributed by atoms with van der Waals surface area (Å²) in [7, 11) is 1.24. The van der Waals surface area contributed by atoms with Crippen LogP contribution in [-0.4, -0.2) is 69.2 Å². The zero-order valence-corrected chi connectivity index (χ0v) is 16.4. The minimum atomic E-state index is -1.31. The van der Waals surface area contributed by atoms with Crippen molar-refractivity contribution in [2.24, 2.45) is 5.16 Å². The highest BCUT2D eigenvalue weighted by Gasteiger charge is 2.54. The standard InChI is InChI=1S/C14H12ClN5O6S2/c1-26-19-7(6-3-28-14(17-6)16-4-21)10(22)18-8-11(23)20-9(13(24)25)5(15)2-27-12(8)20/h3-4,8,12H,2H2,1H3,(H,18,22)(H,24,25)(H,16,17,21)/t8?,12-/m0/s1. The van der Waals surface area contributed by atoms with Gasteiger partial charge in [0, 0.05) is 11.1 Å². The summed E-state index contributed by atoms with van der Waals surface area (Å²) < 4.78 is 0. The van der Waals surface area contributed by atoms with Crippen molar-refractivity contribution >= 4 is 69.7 Å². The van der Waals surface area contributed by atoms with Crippen LogP contribution in [0.4, 0.5) is 5.13 Å². The number of carbonyl (C=O) groups is 4. The second-order valence-electron chi connectivity index (χ2n) is 5.34. The van der Waals surface area contributed by atoms with Crippen LogP contribution in [0, 0.1) is 0 Å². The summed E-state index contributed by atoms with van der Waals surface area (Å²) in [6.07, 6.45) is 0.441. The smallest absolute Gasteiger partial charge is 0.353 e. The monoisotopic (exact) mass is 445 g/mol. The minimum absolute atomic E-state index is 0.0613. The van der Waals surface area contributed by atoms with Crippen LogP contribution < -0.4 is 10.6 Å². The van der Waals surface area contributed by atoms with E-state index >= 15 is 0 Å². The van der Waals surface area contributed by atoms with Gasteiger partial charge < -0.3 is 20.6 Å². The molecule has 28 heavy (non-hydrogen) atoms. The van der Waals surface area contributed by atoms with Gasteiger partial charge in [-0.15, -0.1) is 23.1 Å². The highest BCUT2D eigenvalue weighted by Crippen LogP contribution is 2.41. The van der Waals surface area contributed by atoms with Crippen molar-refractivity contribution < 1.29 is 29.1 Å². The molecule has 3 N–H and O–H groups in total. The fourth-order valence-corrected chi connectivity index (χ4v) is 4.79. The zero-order valence-electron chi connectivity index (χ0n) is 14.0. The molecule has 1 fully saturated rings. The number of carbonyl (C=O) groups excluding carboxylic acids is 3. The first-order valence-electron chi connectivity index (χ1n) is 7.53.